The van der Waals surface area contributed by atoms with E-state index in [-0.39, 0.29) is 11.9 Å². The van der Waals surface area contributed by atoms with E-state index < -0.39 is 5.54 Å². The van der Waals surface area contributed by atoms with Crippen LogP contribution in [0.4, 0.5) is 0 Å². The van der Waals surface area contributed by atoms with Crippen LogP contribution in [0.2, 0.25) is 0 Å². The topological polar surface area (TPSA) is 70.4 Å². The second kappa shape index (κ2) is 6.15. The fraction of sp³-hybridized carbons (Fsp3) is 0.733. The van der Waals surface area contributed by atoms with Crippen LogP contribution in [0.1, 0.15) is 43.8 Å². The van der Waals surface area contributed by atoms with Crippen molar-refractivity contribution < 1.29 is 9.32 Å². The Balaban J connectivity index is 2.06. The summed E-state index contributed by atoms with van der Waals surface area (Å²) in [5.74, 6) is 0.803. The molecule has 6 nitrogen and oxygen atoms in total. The zero-order chi connectivity index (χ0) is 15.6. The number of carbonyl (C=O) groups is 1. The molecular formula is C15H26N4O2. The Morgan fingerprint density at radius 3 is 2.52 bits per heavy atom. The van der Waals surface area contributed by atoms with E-state index in [0.29, 0.717) is 0 Å². The number of carbonyl (C=O) groups excluding carboxylic acids is 1. The number of rotatable bonds is 4. The molecule has 21 heavy (non-hydrogen) atoms. The molecule has 2 N–H and O–H groups in total. The van der Waals surface area contributed by atoms with Crippen molar-refractivity contribution in [3.63, 3.8) is 0 Å². The fourth-order valence-corrected chi connectivity index (χ4v) is 2.92. The molecule has 0 radical (unpaired) electrons. The quantitative estimate of drug-likeness (QED) is 0.872. The Labute approximate surface area is 126 Å². The molecular weight excluding hydrogens is 268 g/mol. The first kappa shape index (κ1) is 16.0. The highest BCUT2D eigenvalue weighted by atomic mass is 16.5. The Bertz CT molecular complexity index is 484. The minimum atomic E-state index is -0.519. The third-order valence-corrected chi connectivity index (χ3v) is 4.33. The first-order valence-electron chi connectivity index (χ1n) is 7.53. The van der Waals surface area contributed by atoms with Crippen molar-refractivity contribution in [2.24, 2.45) is 0 Å². The molecule has 1 aromatic heterocycles. The molecule has 1 aliphatic heterocycles. The van der Waals surface area contributed by atoms with Crippen LogP contribution < -0.4 is 10.6 Å². The van der Waals surface area contributed by atoms with Crippen LogP contribution in [-0.4, -0.2) is 47.7 Å². The van der Waals surface area contributed by atoms with Crippen LogP contribution in [0, 0.1) is 13.8 Å². The maximum absolute atomic E-state index is 12.7. The number of hydrogen-bond acceptors (Lipinski definition) is 5. The van der Waals surface area contributed by atoms with E-state index in [4.69, 9.17) is 4.52 Å². The van der Waals surface area contributed by atoms with Gasteiger partial charge in [-0.25, -0.2) is 0 Å². The summed E-state index contributed by atoms with van der Waals surface area (Å²) in [4.78, 5) is 14.9. The molecule has 1 aliphatic rings. The van der Waals surface area contributed by atoms with Crippen LogP contribution in [-0.2, 0) is 4.79 Å². The lowest BCUT2D eigenvalue weighted by atomic mass is 9.98. The molecule has 0 bridgehead atoms. The normalized spacial score (nSPS) is 18.5. The lowest BCUT2D eigenvalue weighted by Gasteiger charge is -2.40. The molecule has 0 saturated carbocycles. The summed E-state index contributed by atoms with van der Waals surface area (Å²) >= 11 is 0. The predicted octanol–water partition coefficient (Wildman–Crippen LogP) is 1.15. The van der Waals surface area contributed by atoms with Crippen molar-refractivity contribution >= 4 is 5.91 Å². The molecule has 2 rings (SSSR count). The smallest absolute Gasteiger partial charge is 0.240 e. The molecule has 2 heterocycles. The van der Waals surface area contributed by atoms with Crippen molar-refractivity contribution in [1.29, 1.82) is 0 Å². The zero-order valence-corrected chi connectivity index (χ0v) is 13.6. The van der Waals surface area contributed by atoms with Gasteiger partial charge < -0.3 is 15.2 Å². The molecule has 0 aromatic carbocycles. The predicted molar refractivity (Wildman–Crippen MR) is 81.1 cm³/mol. The highest BCUT2D eigenvalue weighted by Gasteiger charge is 2.36. The summed E-state index contributed by atoms with van der Waals surface area (Å²) in [5, 5.41) is 10.4. The maximum Gasteiger partial charge on any atom is 0.240 e. The SMILES string of the molecule is Cc1noc(C)c1C(C)NC(=O)C(C)(C)N1CCNCC1. The average Bonchev–Trinajstić information content (AvgIpc) is 2.79. The van der Waals surface area contributed by atoms with Gasteiger partial charge in [0.25, 0.3) is 0 Å². The van der Waals surface area contributed by atoms with Gasteiger partial charge in [-0.1, -0.05) is 5.16 Å². The molecule has 1 aromatic rings. The molecule has 118 valence electrons. The van der Waals surface area contributed by atoms with Crippen molar-refractivity contribution in [3.05, 3.63) is 17.0 Å². The molecule has 1 fully saturated rings. The molecule has 6 heteroatoms. The standard InChI is InChI=1S/C15H26N4O2/c1-10(13-11(2)18-21-12(13)3)17-14(20)15(4,5)19-8-6-16-7-9-19/h10,16H,6-9H2,1-5H3,(H,17,20). The molecule has 0 aliphatic carbocycles. The lowest BCUT2D eigenvalue weighted by molar-refractivity contribution is -0.132. The first-order valence-corrected chi connectivity index (χ1v) is 7.53. The van der Waals surface area contributed by atoms with Gasteiger partial charge in [-0.3, -0.25) is 9.69 Å². The number of nitrogens with one attached hydrogen (secondary N) is 2. The second-order valence-electron chi connectivity index (χ2n) is 6.23. The summed E-state index contributed by atoms with van der Waals surface area (Å²) < 4.78 is 5.18. The Morgan fingerprint density at radius 1 is 1.38 bits per heavy atom. The van der Waals surface area contributed by atoms with Crippen LogP contribution in [0.15, 0.2) is 4.52 Å². The average molecular weight is 294 g/mol. The largest absolute Gasteiger partial charge is 0.361 e. The van der Waals surface area contributed by atoms with Gasteiger partial charge in [-0.05, 0) is 34.6 Å². The van der Waals surface area contributed by atoms with Gasteiger partial charge in [0.1, 0.15) is 5.76 Å². The molecule has 1 amide bonds. The van der Waals surface area contributed by atoms with Crippen LogP contribution in [0.3, 0.4) is 0 Å². The van der Waals surface area contributed by atoms with Gasteiger partial charge in [0, 0.05) is 31.7 Å². The Hall–Kier alpha value is -1.40. The minimum Gasteiger partial charge on any atom is -0.361 e. The lowest BCUT2D eigenvalue weighted by Crippen LogP contribution is -2.60. The van der Waals surface area contributed by atoms with Gasteiger partial charge in [0.15, 0.2) is 0 Å². The number of amides is 1. The minimum absolute atomic E-state index is 0.0388. The van der Waals surface area contributed by atoms with E-state index >= 15 is 0 Å². The van der Waals surface area contributed by atoms with Crippen molar-refractivity contribution in [2.45, 2.75) is 46.2 Å². The molecule has 0 spiro atoms. The fourth-order valence-electron chi connectivity index (χ4n) is 2.92. The van der Waals surface area contributed by atoms with Gasteiger partial charge in [-0.2, -0.15) is 0 Å². The third kappa shape index (κ3) is 3.27. The number of hydrogen-bond donors (Lipinski definition) is 2. The van der Waals surface area contributed by atoms with E-state index in [9.17, 15) is 4.79 Å². The summed E-state index contributed by atoms with van der Waals surface area (Å²) in [7, 11) is 0. The van der Waals surface area contributed by atoms with Gasteiger partial charge in [0.2, 0.25) is 5.91 Å². The maximum atomic E-state index is 12.7. The van der Waals surface area contributed by atoms with E-state index in [1.165, 1.54) is 0 Å². The summed E-state index contributed by atoms with van der Waals surface area (Å²) in [6.07, 6.45) is 0. The van der Waals surface area contributed by atoms with E-state index in [1.54, 1.807) is 0 Å². The van der Waals surface area contributed by atoms with E-state index in [1.807, 2.05) is 34.6 Å². The molecule has 1 saturated heterocycles. The zero-order valence-electron chi connectivity index (χ0n) is 13.6. The van der Waals surface area contributed by atoms with Crippen molar-refractivity contribution in [2.75, 3.05) is 26.2 Å². The Morgan fingerprint density at radius 2 is 2.00 bits per heavy atom. The monoisotopic (exact) mass is 294 g/mol. The van der Waals surface area contributed by atoms with Crippen LogP contribution in [0.25, 0.3) is 0 Å². The van der Waals surface area contributed by atoms with Crippen molar-refractivity contribution in [1.82, 2.24) is 20.7 Å². The number of piperazine rings is 1. The molecule has 1 atom stereocenters. The van der Waals surface area contributed by atoms with Gasteiger partial charge in [-0.15, -0.1) is 0 Å². The number of nitrogens with zero attached hydrogens (tertiary/aromatic N) is 2. The van der Waals surface area contributed by atoms with E-state index in [2.05, 4.69) is 20.7 Å². The number of aromatic nitrogens is 1. The van der Waals surface area contributed by atoms with E-state index in [0.717, 1.165) is 43.2 Å². The van der Waals surface area contributed by atoms with Gasteiger partial charge in [0.05, 0.1) is 17.3 Å². The highest BCUT2D eigenvalue weighted by Crippen LogP contribution is 2.23. The van der Waals surface area contributed by atoms with Crippen LogP contribution in [0.5, 0.6) is 0 Å². The first-order chi connectivity index (χ1) is 9.84. The second-order valence-corrected chi connectivity index (χ2v) is 6.23. The molecule has 1 unspecified atom stereocenters. The summed E-state index contributed by atoms with van der Waals surface area (Å²) in [5.41, 5.74) is 1.29. The third-order valence-electron chi connectivity index (χ3n) is 4.33. The number of aryl methyl sites for hydroxylation is 2. The van der Waals surface area contributed by atoms with Crippen molar-refractivity contribution in [3.8, 4) is 0 Å². The Kier molecular flexibility index (Phi) is 4.68. The summed E-state index contributed by atoms with van der Waals surface area (Å²) in [6.45, 7) is 13.3. The van der Waals surface area contributed by atoms with Gasteiger partial charge >= 0.3 is 0 Å². The van der Waals surface area contributed by atoms with Crippen LogP contribution >= 0.6 is 0 Å². The summed E-state index contributed by atoms with van der Waals surface area (Å²) in [6, 6.07) is -0.106. The highest BCUT2D eigenvalue weighted by molar-refractivity contribution is 5.85.